The number of aliphatic hydroxyl groups excluding tert-OH is 1. The molecule has 1 heterocycles. The van der Waals surface area contributed by atoms with Crippen molar-refractivity contribution in [1.29, 1.82) is 0 Å². The lowest BCUT2D eigenvalue weighted by Crippen LogP contribution is -2.21. The third-order valence-corrected chi connectivity index (χ3v) is 5.21. The van der Waals surface area contributed by atoms with E-state index in [0.29, 0.717) is 10.7 Å². The van der Waals surface area contributed by atoms with Gasteiger partial charge in [0.1, 0.15) is 0 Å². The molecule has 0 amide bonds. The van der Waals surface area contributed by atoms with Gasteiger partial charge in [-0.05, 0) is 37.7 Å². The van der Waals surface area contributed by atoms with Gasteiger partial charge in [-0.25, -0.2) is 0 Å². The Morgan fingerprint density at radius 1 is 1.36 bits per heavy atom. The third kappa shape index (κ3) is 3.26. The summed E-state index contributed by atoms with van der Waals surface area (Å²) in [6, 6.07) is 0. The maximum Gasteiger partial charge on any atom is 0.0583 e. The van der Waals surface area contributed by atoms with Gasteiger partial charge in [-0.2, -0.15) is 0 Å². The third-order valence-electron chi connectivity index (χ3n) is 1.89. The monoisotopic (exact) mass is 192 g/mol. The predicted octanol–water partition coefficient (Wildman–Crippen LogP) is 2.35. The van der Waals surface area contributed by atoms with Crippen LogP contribution in [0.5, 0.6) is 0 Å². The Labute approximate surface area is 77.3 Å². The molecule has 0 saturated carbocycles. The normalized spacial score (nSPS) is 23.5. The van der Waals surface area contributed by atoms with E-state index >= 15 is 0 Å². The minimum atomic E-state index is 0.344. The maximum atomic E-state index is 8.69. The summed E-state index contributed by atoms with van der Waals surface area (Å²) in [5.41, 5.74) is 0. The van der Waals surface area contributed by atoms with E-state index < -0.39 is 0 Å². The molecule has 0 radical (unpaired) electrons. The summed E-state index contributed by atoms with van der Waals surface area (Å²) in [5.74, 6) is 2.60. The van der Waals surface area contributed by atoms with Crippen molar-refractivity contribution in [3.63, 3.8) is 0 Å². The maximum absolute atomic E-state index is 8.69. The first-order valence-corrected chi connectivity index (χ1v) is 6.13. The largest absolute Gasteiger partial charge is 0.396 e. The van der Waals surface area contributed by atoms with Gasteiger partial charge in [-0.3, -0.25) is 0 Å². The highest BCUT2D eigenvalue weighted by molar-refractivity contribution is 8.18. The molecule has 1 nitrogen and oxygen atoms in total. The Bertz CT molecular complexity index is 111. The molecule has 1 rings (SSSR count). The van der Waals surface area contributed by atoms with Crippen molar-refractivity contribution < 1.29 is 5.11 Å². The molecule has 11 heavy (non-hydrogen) atoms. The highest BCUT2D eigenvalue weighted by Crippen LogP contribution is 2.44. The van der Waals surface area contributed by atoms with Gasteiger partial charge in [0.05, 0.1) is 4.08 Å². The van der Waals surface area contributed by atoms with Crippen molar-refractivity contribution in [1.82, 2.24) is 0 Å². The van der Waals surface area contributed by atoms with Crippen LogP contribution in [0.4, 0.5) is 0 Å². The molecule has 1 N–H and O–H groups in total. The fourth-order valence-electron chi connectivity index (χ4n) is 1.22. The van der Waals surface area contributed by atoms with E-state index in [1.807, 2.05) is 0 Å². The van der Waals surface area contributed by atoms with Crippen LogP contribution in [-0.2, 0) is 0 Å². The fraction of sp³-hybridized carbons (Fsp3) is 1.00. The van der Waals surface area contributed by atoms with E-state index in [2.05, 4.69) is 30.4 Å². The van der Waals surface area contributed by atoms with Gasteiger partial charge < -0.3 is 5.11 Å². The molecule has 0 aromatic rings. The molecule has 0 aromatic heterocycles. The van der Waals surface area contributed by atoms with E-state index in [0.717, 1.165) is 12.8 Å². The van der Waals surface area contributed by atoms with Crippen LogP contribution in [-0.4, -0.2) is 27.3 Å². The zero-order valence-electron chi connectivity index (χ0n) is 7.01. The second-order valence-electron chi connectivity index (χ2n) is 3.01. The minimum Gasteiger partial charge on any atom is -0.396 e. The molecule has 0 unspecified atom stereocenters. The second kappa shape index (κ2) is 4.63. The molecule has 1 aliphatic rings. The number of aliphatic hydroxyl groups is 1. The summed E-state index contributed by atoms with van der Waals surface area (Å²) in [6.07, 6.45) is 3.46. The predicted molar refractivity (Wildman–Crippen MR) is 54.3 cm³/mol. The molecule has 0 spiro atoms. The molecule has 1 aliphatic heterocycles. The molecule has 1 fully saturated rings. The number of rotatable bonds is 3. The van der Waals surface area contributed by atoms with Crippen LogP contribution in [0.3, 0.4) is 0 Å². The van der Waals surface area contributed by atoms with Crippen molar-refractivity contribution in [3.05, 3.63) is 0 Å². The first-order chi connectivity index (χ1) is 5.27. The topological polar surface area (TPSA) is 20.2 Å². The van der Waals surface area contributed by atoms with Gasteiger partial charge in [0.2, 0.25) is 0 Å². The van der Waals surface area contributed by atoms with Crippen molar-refractivity contribution in [2.75, 3.05) is 18.1 Å². The Morgan fingerprint density at radius 3 is 2.55 bits per heavy atom. The molecular formula is C8H16OS2. The van der Waals surface area contributed by atoms with Gasteiger partial charge in [0.15, 0.2) is 0 Å². The average molecular weight is 192 g/mol. The van der Waals surface area contributed by atoms with Crippen LogP contribution in [0.25, 0.3) is 0 Å². The SMILES string of the molecule is CC1(CCCO)SCCCS1. The standard InChI is InChI=1S/C8H16OS2/c1-8(4-2-5-9)10-6-3-7-11-8/h9H,2-7H2,1H3. The van der Waals surface area contributed by atoms with Crippen LogP contribution in [0.15, 0.2) is 0 Å². The Hall–Kier alpha value is 0.660. The highest BCUT2D eigenvalue weighted by atomic mass is 32.2. The Kier molecular flexibility index (Phi) is 4.10. The first-order valence-electron chi connectivity index (χ1n) is 4.16. The first kappa shape index (κ1) is 9.75. The van der Waals surface area contributed by atoms with Crippen molar-refractivity contribution >= 4 is 23.5 Å². The van der Waals surface area contributed by atoms with Gasteiger partial charge in [-0.15, -0.1) is 23.5 Å². The minimum absolute atomic E-state index is 0.344. The molecule has 66 valence electrons. The van der Waals surface area contributed by atoms with Gasteiger partial charge in [0.25, 0.3) is 0 Å². The summed E-state index contributed by atoms with van der Waals surface area (Å²) in [7, 11) is 0. The molecular weight excluding hydrogens is 176 g/mol. The second-order valence-corrected chi connectivity index (χ2v) is 6.47. The zero-order chi connectivity index (χ0) is 8.16. The molecule has 0 atom stereocenters. The van der Waals surface area contributed by atoms with Crippen LogP contribution in [0.1, 0.15) is 26.2 Å². The summed E-state index contributed by atoms with van der Waals surface area (Å²) in [5, 5.41) is 8.69. The molecule has 0 bridgehead atoms. The van der Waals surface area contributed by atoms with E-state index in [9.17, 15) is 0 Å². The lowest BCUT2D eigenvalue weighted by atomic mass is 10.2. The zero-order valence-corrected chi connectivity index (χ0v) is 8.64. The number of thioether (sulfide) groups is 2. The Morgan fingerprint density at radius 2 is 2.00 bits per heavy atom. The van der Waals surface area contributed by atoms with E-state index in [-0.39, 0.29) is 0 Å². The smallest absolute Gasteiger partial charge is 0.0583 e. The average Bonchev–Trinajstić information content (AvgIpc) is 2.03. The molecule has 0 aromatic carbocycles. The Balaban J connectivity index is 2.25. The van der Waals surface area contributed by atoms with Crippen LogP contribution < -0.4 is 0 Å². The van der Waals surface area contributed by atoms with Gasteiger partial charge >= 0.3 is 0 Å². The summed E-state index contributed by atoms with van der Waals surface area (Å²) >= 11 is 4.11. The van der Waals surface area contributed by atoms with E-state index in [1.54, 1.807) is 0 Å². The van der Waals surface area contributed by atoms with Crippen molar-refractivity contribution in [3.8, 4) is 0 Å². The van der Waals surface area contributed by atoms with Gasteiger partial charge in [-0.1, -0.05) is 0 Å². The van der Waals surface area contributed by atoms with Crippen molar-refractivity contribution in [2.45, 2.75) is 30.3 Å². The number of hydrogen-bond acceptors (Lipinski definition) is 3. The molecule has 0 aliphatic carbocycles. The number of hydrogen-bond donors (Lipinski definition) is 1. The lowest BCUT2D eigenvalue weighted by molar-refractivity contribution is 0.283. The summed E-state index contributed by atoms with van der Waals surface area (Å²) in [6.45, 7) is 2.65. The van der Waals surface area contributed by atoms with Crippen LogP contribution in [0, 0.1) is 0 Å². The van der Waals surface area contributed by atoms with Crippen molar-refractivity contribution in [2.24, 2.45) is 0 Å². The summed E-state index contributed by atoms with van der Waals surface area (Å²) < 4.78 is 0.404. The van der Waals surface area contributed by atoms with Gasteiger partial charge in [0, 0.05) is 6.61 Å². The molecule has 1 saturated heterocycles. The van der Waals surface area contributed by atoms with Crippen LogP contribution in [0.2, 0.25) is 0 Å². The van der Waals surface area contributed by atoms with Crippen LogP contribution >= 0.6 is 23.5 Å². The fourth-order valence-corrected chi connectivity index (χ4v) is 4.26. The summed E-state index contributed by atoms with van der Waals surface area (Å²) in [4.78, 5) is 0. The van der Waals surface area contributed by atoms with E-state index in [4.69, 9.17) is 5.11 Å². The van der Waals surface area contributed by atoms with E-state index in [1.165, 1.54) is 17.9 Å². The quantitative estimate of drug-likeness (QED) is 0.741. The lowest BCUT2D eigenvalue weighted by Gasteiger charge is -2.32. The highest BCUT2D eigenvalue weighted by Gasteiger charge is 2.27. The molecule has 3 heteroatoms.